The highest BCUT2D eigenvalue weighted by molar-refractivity contribution is 6.30. The standard InChI is InChI=1S/C22H23ClN4O4/c1-31-17-7-5-13(6-8-17)9-18-21(29)27-12-16(11-19(27)20(28)26-18)25-22(30)24-15-4-2-3-14(23)10-15/h2-8,10,16,18-19H,9,11-12H2,1H3,(H,26,28)(H2,24,25,30)/t16-,18-,19-/m0/s1. The SMILES string of the molecule is COc1ccc(C[C@@H]2NC(=O)[C@@H]3C[C@H](NC(=O)Nc4cccc(Cl)c4)CN3C2=O)cc1. The molecular weight excluding hydrogens is 420 g/mol. The molecule has 0 spiro atoms. The maximum Gasteiger partial charge on any atom is 0.319 e. The first-order valence-electron chi connectivity index (χ1n) is 10.00. The summed E-state index contributed by atoms with van der Waals surface area (Å²) in [6.45, 7) is 0.291. The number of carbonyl (C=O) groups is 3. The summed E-state index contributed by atoms with van der Waals surface area (Å²) >= 11 is 5.93. The fourth-order valence-corrected chi connectivity index (χ4v) is 4.21. The maximum atomic E-state index is 13.0. The lowest BCUT2D eigenvalue weighted by atomic mass is 10.0. The topological polar surface area (TPSA) is 99.8 Å². The van der Waals surface area contributed by atoms with Gasteiger partial charge in [0.1, 0.15) is 17.8 Å². The van der Waals surface area contributed by atoms with Gasteiger partial charge in [0.05, 0.1) is 13.2 Å². The van der Waals surface area contributed by atoms with Crippen molar-refractivity contribution in [3.8, 4) is 5.75 Å². The van der Waals surface area contributed by atoms with Crippen LogP contribution in [0, 0.1) is 0 Å². The molecule has 3 atom stereocenters. The van der Waals surface area contributed by atoms with Gasteiger partial charge in [0, 0.05) is 23.7 Å². The van der Waals surface area contributed by atoms with Gasteiger partial charge in [-0.25, -0.2) is 4.79 Å². The first-order chi connectivity index (χ1) is 14.9. The van der Waals surface area contributed by atoms with Crippen LogP contribution in [-0.4, -0.2) is 54.5 Å². The number of hydrogen-bond donors (Lipinski definition) is 3. The first-order valence-corrected chi connectivity index (χ1v) is 10.4. The monoisotopic (exact) mass is 442 g/mol. The van der Waals surface area contributed by atoms with Gasteiger partial charge in [0.15, 0.2) is 0 Å². The molecule has 0 bridgehead atoms. The molecule has 31 heavy (non-hydrogen) atoms. The van der Waals surface area contributed by atoms with Crippen LogP contribution in [-0.2, 0) is 16.0 Å². The normalized spacial score (nSPS) is 22.5. The van der Waals surface area contributed by atoms with E-state index >= 15 is 0 Å². The lowest BCUT2D eigenvalue weighted by Crippen LogP contribution is -2.61. The number of benzene rings is 2. The van der Waals surface area contributed by atoms with Crippen LogP contribution in [0.5, 0.6) is 5.75 Å². The fourth-order valence-electron chi connectivity index (χ4n) is 4.02. The molecule has 162 valence electrons. The van der Waals surface area contributed by atoms with Crippen LogP contribution in [0.15, 0.2) is 48.5 Å². The third kappa shape index (κ3) is 4.74. The number of nitrogens with one attached hydrogen (secondary N) is 3. The third-order valence-electron chi connectivity index (χ3n) is 5.52. The molecule has 0 radical (unpaired) electrons. The van der Waals surface area contributed by atoms with Crippen molar-refractivity contribution >= 4 is 35.1 Å². The van der Waals surface area contributed by atoms with Crippen molar-refractivity contribution in [2.75, 3.05) is 19.0 Å². The van der Waals surface area contributed by atoms with Crippen LogP contribution in [0.4, 0.5) is 10.5 Å². The second kappa shape index (κ2) is 8.85. The number of piperazine rings is 1. The Morgan fingerprint density at radius 2 is 2.00 bits per heavy atom. The van der Waals surface area contributed by atoms with Crippen molar-refractivity contribution in [1.82, 2.24) is 15.5 Å². The van der Waals surface area contributed by atoms with Crippen LogP contribution in [0.3, 0.4) is 0 Å². The Bertz CT molecular complexity index is 997. The molecule has 0 unspecified atom stereocenters. The lowest BCUT2D eigenvalue weighted by Gasteiger charge is -2.34. The van der Waals surface area contributed by atoms with Gasteiger partial charge in [-0.15, -0.1) is 0 Å². The molecule has 4 rings (SSSR count). The van der Waals surface area contributed by atoms with E-state index in [0.717, 1.165) is 11.3 Å². The molecule has 0 aromatic heterocycles. The Kier molecular flexibility index (Phi) is 5.99. The summed E-state index contributed by atoms with van der Waals surface area (Å²) in [5.41, 5.74) is 1.49. The number of carbonyl (C=O) groups excluding carboxylic acids is 3. The molecule has 2 aromatic rings. The van der Waals surface area contributed by atoms with E-state index in [0.29, 0.717) is 30.1 Å². The van der Waals surface area contributed by atoms with E-state index in [9.17, 15) is 14.4 Å². The molecule has 2 aromatic carbocycles. The average Bonchev–Trinajstić information content (AvgIpc) is 3.17. The smallest absolute Gasteiger partial charge is 0.319 e. The fraction of sp³-hybridized carbons (Fsp3) is 0.318. The molecule has 2 aliphatic rings. The van der Waals surface area contributed by atoms with E-state index in [1.54, 1.807) is 36.3 Å². The Labute approximate surface area is 184 Å². The zero-order valence-corrected chi connectivity index (χ0v) is 17.7. The highest BCUT2D eigenvalue weighted by atomic mass is 35.5. The second-order valence-electron chi connectivity index (χ2n) is 7.66. The van der Waals surface area contributed by atoms with Gasteiger partial charge in [-0.1, -0.05) is 29.8 Å². The summed E-state index contributed by atoms with van der Waals surface area (Å²) in [5.74, 6) is 0.393. The number of halogens is 1. The largest absolute Gasteiger partial charge is 0.497 e. The van der Waals surface area contributed by atoms with E-state index in [-0.39, 0.29) is 17.9 Å². The van der Waals surface area contributed by atoms with Crippen molar-refractivity contribution < 1.29 is 19.1 Å². The van der Waals surface area contributed by atoms with Gasteiger partial charge in [-0.2, -0.15) is 0 Å². The average molecular weight is 443 g/mol. The highest BCUT2D eigenvalue weighted by Gasteiger charge is 2.46. The number of nitrogens with zero attached hydrogens (tertiary/aromatic N) is 1. The summed E-state index contributed by atoms with van der Waals surface area (Å²) in [6, 6.07) is 12.3. The summed E-state index contributed by atoms with van der Waals surface area (Å²) in [6.07, 6.45) is 0.765. The summed E-state index contributed by atoms with van der Waals surface area (Å²) in [4.78, 5) is 39.5. The van der Waals surface area contributed by atoms with E-state index in [1.807, 2.05) is 24.3 Å². The number of rotatable bonds is 5. The zero-order valence-electron chi connectivity index (χ0n) is 16.9. The number of anilines is 1. The van der Waals surface area contributed by atoms with Gasteiger partial charge in [0.2, 0.25) is 11.8 Å². The van der Waals surface area contributed by atoms with E-state index in [1.165, 1.54) is 0 Å². The maximum absolute atomic E-state index is 13.0. The van der Waals surface area contributed by atoms with Crippen molar-refractivity contribution in [3.05, 3.63) is 59.1 Å². The molecule has 3 N–H and O–H groups in total. The van der Waals surface area contributed by atoms with Gasteiger partial charge < -0.3 is 25.6 Å². The lowest BCUT2D eigenvalue weighted by molar-refractivity contribution is -0.147. The van der Waals surface area contributed by atoms with E-state index < -0.39 is 18.1 Å². The Hall–Kier alpha value is -3.26. The molecule has 2 saturated heterocycles. The predicted molar refractivity (Wildman–Crippen MR) is 116 cm³/mol. The minimum Gasteiger partial charge on any atom is -0.497 e. The minimum absolute atomic E-state index is 0.139. The van der Waals surface area contributed by atoms with Crippen molar-refractivity contribution in [2.45, 2.75) is 31.0 Å². The van der Waals surface area contributed by atoms with Crippen LogP contribution in [0.1, 0.15) is 12.0 Å². The van der Waals surface area contributed by atoms with Crippen LogP contribution >= 0.6 is 11.6 Å². The number of ether oxygens (including phenoxy) is 1. The zero-order chi connectivity index (χ0) is 22.0. The number of methoxy groups -OCH3 is 1. The Balaban J connectivity index is 1.36. The number of amides is 4. The van der Waals surface area contributed by atoms with E-state index in [4.69, 9.17) is 16.3 Å². The van der Waals surface area contributed by atoms with Crippen molar-refractivity contribution in [1.29, 1.82) is 0 Å². The Morgan fingerprint density at radius 3 is 2.71 bits per heavy atom. The van der Waals surface area contributed by atoms with Gasteiger partial charge >= 0.3 is 6.03 Å². The molecular formula is C22H23ClN4O4. The number of fused-ring (bicyclic) bond motifs is 1. The summed E-state index contributed by atoms with van der Waals surface area (Å²) < 4.78 is 5.15. The molecule has 8 nitrogen and oxygen atoms in total. The van der Waals surface area contributed by atoms with Crippen LogP contribution in [0.25, 0.3) is 0 Å². The second-order valence-corrected chi connectivity index (χ2v) is 8.10. The van der Waals surface area contributed by atoms with Gasteiger partial charge in [0.25, 0.3) is 0 Å². The van der Waals surface area contributed by atoms with Gasteiger partial charge in [-0.05, 0) is 42.3 Å². The number of urea groups is 1. The molecule has 9 heteroatoms. The molecule has 2 fully saturated rings. The Morgan fingerprint density at radius 1 is 1.23 bits per heavy atom. The molecule has 0 saturated carbocycles. The van der Waals surface area contributed by atoms with Crippen LogP contribution < -0.4 is 20.7 Å². The minimum atomic E-state index is -0.629. The first kappa shape index (κ1) is 21.0. The molecule has 2 aliphatic heterocycles. The van der Waals surface area contributed by atoms with Crippen molar-refractivity contribution in [2.24, 2.45) is 0 Å². The molecule has 4 amide bonds. The highest BCUT2D eigenvalue weighted by Crippen LogP contribution is 2.24. The van der Waals surface area contributed by atoms with Crippen LogP contribution in [0.2, 0.25) is 5.02 Å². The predicted octanol–water partition coefficient (Wildman–Crippen LogP) is 2.18. The summed E-state index contributed by atoms with van der Waals surface area (Å²) in [5, 5.41) is 8.90. The summed E-state index contributed by atoms with van der Waals surface area (Å²) in [7, 11) is 1.59. The third-order valence-corrected chi connectivity index (χ3v) is 5.75. The van der Waals surface area contributed by atoms with E-state index in [2.05, 4.69) is 16.0 Å². The van der Waals surface area contributed by atoms with Gasteiger partial charge in [-0.3, -0.25) is 9.59 Å². The molecule has 2 heterocycles. The van der Waals surface area contributed by atoms with Crippen molar-refractivity contribution in [3.63, 3.8) is 0 Å². The number of hydrogen-bond acceptors (Lipinski definition) is 4. The quantitative estimate of drug-likeness (QED) is 0.660. The molecule has 0 aliphatic carbocycles.